The van der Waals surface area contributed by atoms with Crippen LogP contribution in [-0.2, 0) is 11.3 Å². The summed E-state index contributed by atoms with van der Waals surface area (Å²) in [5.41, 5.74) is 2.95. The van der Waals surface area contributed by atoms with E-state index in [-0.39, 0.29) is 17.1 Å². The molecule has 0 saturated carbocycles. The van der Waals surface area contributed by atoms with E-state index in [9.17, 15) is 14.7 Å². The number of ether oxygens (including phenoxy) is 2. The van der Waals surface area contributed by atoms with Crippen LogP contribution in [0.25, 0.3) is 11.3 Å². The van der Waals surface area contributed by atoms with Gasteiger partial charge in [-0.2, -0.15) is 5.26 Å². The molecule has 8 nitrogen and oxygen atoms in total. The van der Waals surface area contributed by atoms with Gasteiger partial charge in [-0.3, -0.25) is 14.5 Å². The minimum atomic E-state index is -1.23. The van der Waals surface area contributed by atoms with Crippen LogP contribution in [0.15, 0.2) is 41.3 Å². The first-order valence-electron chi connectivity index (χ1n) is 11.3. The Hall–Kier alpha value is -3.57. The lowest BCUT2D eigenvalue weighted by molar-refractivity contribution is 0.0694. The Kier molecular flexibility index (Phi) is 6.24. The molecule has 0 amide bonds. The predicted molar refractivity (Wildman–Crippen MR) is 128 cm³/mol. The molecule has 1 saturated heterocycles. The largest absolute Gasteiger partial charge is 0.493 e. The van der Waals surface area contributed by atoms with Gasteiger partial charge >= 0.3 is 5.97 Å². The topological polar surface area (TPSA) is 105 Å². The fourth-order valence-electron chi connectivity index (χ4n) is 5.01. The summed E-state index contributed by atoms with van der Waals surface area (Å²) >= 11 is 0. The highest BCUT2D eigenvalue weighted by molar-refractivity contribution is 5.88. The van der Waals surface area contributed by atoms with Crippen LogP contribution < -0.4 is 15.2 Å². The smallest absolute Gasteiger partial charge is 0.341 e. The summed E-state index contributed by atoms with van der Waals surface area (Å²) in [6, 6.07) is 7.49. The fourth-order valence-corrected chi connectivity index (χ4v) is 5.01. The molecule has 178 valence electrons. The van der Waals surface area contributed by atoms with E-state index >= 15 is 0 Å². The van der Waals surface area contributed by atoms with Crippen molar-refractivity contribution in [1.82, 2.24) is 4.68 Å². The normalized spacial score (nSPS) is 17.4. The molecule has 4 rings (SSSR count). The minimum absolute atomic E-state index is 0.0129. The van der Waals surface area contributed by atoms with Crippen LogP contribution in [0.4, 0.5) is 0 Å². The monoisotopic (exact) mass is 463 g/mol. The molecular weight excluding hydrogens is 434 g/mol. The summed E-state index contributed by atoms with van der Waals surface area (Å²) in [5, 5.41) is 20.6. The first-order valence-corrected chi connectivity index (χ1v) is 11.3. The molecule has 8 heteroatoms. The summed E-state index contributed by atoms with van der Waals surface area (Å²) in [6.07, 6.45) is 4.50. The number of carboxylic acids is 1. The molecule has 1 N–H and O–H groups in total. The van der Waals surface area contributed by atoms with Crippen molar-refractivity contribution in [1.29, 1.82) is 5.26 Å². The summed E-state index contributed by atoms with van der Waals surface area (Å²) in [7, 11) is 1.61. The van der Waals surface area contributed by atoms with E-state index in [4.69, 9.17) is 14.7 Å². The van der Waals surface area contributed by atoms with Crippen molar-refractivity contribution < 1.29 is 19.4 Å². The summed E-state index contributed by atoms with van der Waals surface area (Å²) < 4.78 is 13.4. The van der Waals surface area contributed by atoms with Crippen LogP contribution in [-0.4, -0.2) is 35.0 Å². The predicted octanol–water partition coefficient (Wildman–Crippen LogP) is 4.16. The average Bonchev–Trinajstić information content (AvgIpc) is 3.12. The molecule has 1 fully saturated rings. The van der Waals surface area contributed by atoms with Gasteiger partial charge in [-0.1, -0.05) is 6.58 Å². The SMILES string of the molecule is C=C(C#N)CCCOc1cc2c(cc1COC)-c1cc(=O)c(C(=O)O)cn1N1[C@@H]2CCC1(C)C. The molecule has 1 aromatic carbocycles. The summed E-state index contributed by atoms with van der Waals surface area (Å²) in [6.45, 7) is 8.72. The van der Waals surface area contributed by atoms with Gasteiger partial charge < -0.3 is 14.6 Å². The number of hydrogen-bond donors (Lipinski definition) is 1. The van der Waals surface area contributed by atoms with Gasteiger partial charge in [0.05, 0.1) is 36.6 Å². The van der Waals surface area contributed by atoms with E-state index in [1.807, 2.05) is 16.8 Å². The van der Waals surface area contributed by atoms with Crippen molar-refractivity contribution in [3.05, 3.63) is 63.5 Å². The van der Waals surface area contributed by atoms with Gasteiger partial charge in [0, 0.05) is 36.1 Å². The van der Waals surface area contributed by atoms with Gasteiger partial charge in [0.2, 0.25) is 0 Å². The Morgan fingerprint density at radius 3 is 2.79 bits per heavy atom. The maximum Gasteiger partial charge on any atom is 0.341 e. The molecule has 0 radical (unpaired) electrons. The van der Waals surface area contributed by atoms with Crippen molar-refractivity contribution in [2.24, 2.45) is 0 Å². The van der Waals surface area contributed by atoms with Crippen molar-refractivity contribution in [2.75, 3.05) is 18.7 Å². The van der Waals surface area contributed by atoms with Crippen LogP contribution in [0.1, 0.15) is 67.1 Å². The number of benzene rings is 1. The number of pyridine rings is 1. The first-order chi connectivity index (χ1) is 16.2. The number of rotatable bonds is 8. The lowest BCUT2D eigenvalue weighted by atomic mass is 9.92. The summed E-state index contributed by atoms with van der Waals surface area (Å²) in [5.74, 6) is -0.520. The zero-order chi connectivity index (χ0) is 24.6. The highest BCUT2D eigenvalue weighted by Crippen LogP contribution is 2.49. The first kappa shape index (κ1) is 23.6. The van der Waals surface area contributed by atoms with Gasteiger partial charge in [0.25, 0.3) is 0 Å². The number of nitriles is 1. The number of carboxylic acid groups (broad SMARTS) is 1. The second-order valence-corrected chi connectivity index (χ2v) is 9.45. The minimum Gasteiger partial charge on any atom is -0.493 e. The fraction of sp³-hybridized carbons (Fsp3) is 0.423. The average molecular weight is 464 g/mol. The molecule has 0 bridgehead atoms. The van der Waals surface area contributed by atoms with Crippen molar-refractivity contribution in [2.45, 2.75) is 57.7 Å². The number of carbonyl (C=O) groups is 1. The zero-order valence-electron chi connectivity index (χ0n) is 19.8. The molecule has 1 aromatic heterocycles. The molecule has 3 heterocycles. The van der Waals surface area contributed by atoms with Crippen molar-refractivity contribution >= 4 is 5.97 Å². The Balaban J connectivity index is 1.82. The molecular formula is C26H29N3O5. The second-order valence-electron chi connectivity index (χ2n) is 9.45. The number of aromatic nitrogens is 1. The lowest BCUT2D eigenvalue weighted by Crippen LogP contribution is -2.50. The molecule has 0 spiro atoms. The molecule has 0 unspecified atom stereocenters. The number of allylic oxidation sites excluding steroid dienone is 1. The molecule has 0 aliphatic carbocycles. The van der Waals surface area contributed by atoms with E-state index in [1.54, 1.807) is 7.11 Å². The Labute approximate surface area is 198 Å². The molecule has 34 heavy (non-hydrogen) atoms. The molecule has 2 aromatic rings. The third-order valence-corrected chi connectivity index (χ3v) is 6.65. The molecule has 2 aliphatic rings. The lowest BCUT2D eigenvalue weighted by Gasteiger charge is -2.44. The number of hydrogen-bond acceptors (Lipinski definition) is 6. The zero-order valence-corrected chi connectivity index (χ0v) is 19.8. The van der Waals surface area contributed by atoms with Gasteiger partial charge in [0.1, 0.15) is 11.3 Å². The van der Waals surface area contributed by atoms with E-state index in [1.165, 1.54) is 12.3 Å². The van der Waals surface area contributed by atoms with Gasteiger partial charge in [0.15, 0.2) is 5.43 Å². The standard InChI is InChI=1S/C26H29N3O5/c1-16(13-27)6-5-9-34-24-11-19-18(10-17(24)15-33-4)22-12-23(30)20(25(31)32)14-28(22)29-21(19)7-8-26(29,2)3/h10-12,14,21H,1,5-9,15H2,2-4H3,(H,31,32)/t21-/m1/s1. The van der Waals surface area contributed by atoms with Gasteiger partial charge in [-0.15, -0.1) is 0 Å². The van der Waals surface area contributed by atoms with Gasteiger partial charge in [-0.25, -0.2) is 4.79 Å². The maximum atomic E-state index is 12.6. The number of methoxy groups -OCH3 is 1. The highest BCUT2D eigenvalue weighted by Gasteiger charge is 2.45. The Morgan fingerprint density at radius 1 is 1.35 bits per heavy atom. The van der Waals surface area contributed by atoms with Crippen molar-refractivity contribution in [3.63, 3.8) is 0 Å². The van der Waals surface area contributed by atoms with E-state index < -0.39 is 11.4 Å². The number of nitrogens with zero attached hydrogens (tertiary/aromatic N) is 3. The molecule has 2 aliphatic heterocycles. The number of aromatic carboxylic acids is 1. The third kappa shape index (κ3) is 4.08. The van der Waals surface area contributed by atoms with Crippen LogP contribution in [0.3, 0.4) is 0 Å². The number of fused-ring (bicyclic) bond motifs is 6. The Bertz CT molecular complexity index is 1250. The van der Waals surface area contributed by atoms with Crippen LogP contribution in [0, 0.1) is 11.3 Å². The van der Waals surface area contributed by atoms with Crippen LogP contribution >= 0.6 is 0 Å². The van der Waals surface area contributed by atoms with E-state index in [2.05, 4.69) is 31.5 Å². The highest BCUT2D eigenvalue weighted by atomic mass is 16.5. The Morgan fingerprint density at radius 2 is 2.12 bits per heavy atom. The maximum absolute atomic E-state index is 12.6. The molecule has 1 atom stereocenters. The second kappa shape index (κ2) is 8.99. The van der Waals surface area contributed by atoms with Gasteiger partial charge in [-0.05, 0) is 57.2 Å². The quantitative estimate of drug-likeness (QED) is 0.463. The van der Waals surface area contributed by atoms with Crippen molar-refractivity contribution in [3.8, 4) is 23.1 Å². The van der Waals surface area contributed by atoms with Crippen LogP contribution in [0.2, 0.25) is 0 Å². The van der Waals surface area contributed by atoms with Crippen LogP contribution in [0.5, 0.6) is 5.75 Å². The van der Waals surface area contributed by atoms with E-state index in [0.29, 0.717) is 43.1 Å². The third-order valence-electron chi connectivity index (χ3n) is 6.65. The van der Waals surface area contributed by atoms with E-state index in [0.717, 1.165) is 29.5 Å². The summed E-state index contributed by atoms with van der Waals surface area (Å²) in [4.78, 5) is 24.3.